The molecule has 0 radical (unpaired) electrons. The number of rotatable bonds is 3. The standard InChI is InChI=1S/C13H16N4O2S/c14-10-4-5-12-9(6-10)2-1-3-13(12)17-20(18,19)11-7-15-16-8-11/h4-8,13,17H,1-3,14H2,(H,15,16). The van der Waals surface area contributed by atoms with Crippen molar-refractivity contribution in [2.75, 3.05) is 5.73 Å². The summed E-state index contributed by atoms with van der Waals surface area (Å²) in [6.07, 6.45) is 5.33. The van der Waals surface area contributed by atoms with E-state index in [1.165, 1.54) is 12.4 Å². The molecule has 0 saturated carbocycles. The van der Waals surface area contributed by atoms with Crippen molar-refractivity contribution in [3.63, 3.8) is 0 Å². The number of nitrogens with one attached hydrogen (secondary N) is 2. The molecule has 1 aromatic heterocycles. The minimum atomic E-state index is -3.54. The molecule has 0 bridgehead atoms. The van der Waals surface area contributed by atoms with Gasteiger partial charge in [0, 0.05) is 17.9 Å². The largest absolute Gasteiger partial charge is 0.399 e. The molecule has 1 aromatic carbocycles. The number of fused-ring (bicyclic) bond motifs is 1. The molecule has 1 aliphatic rings. The Balaban J connectivity index is 1.90. The van der Waals surface area contributed by atoms with Crippen LogP contribution in [0.4, 0.5) is 5.69 Å². The van der Waals surface area contributed by atoms with E-state index in [0.717, 1.165) is 30.4 Å². The predicted octanol–water partition coefficient (Wildman–Crippen LogP) is 1.35. The number of nitrogens with two attached hydrogens (primary N) is 1. The van der Waals surface area contributed by atoms with E-state index in [4.69, 9.17) is 5.73 Å². The molecule has 2 aromatic rings. The average molecular weight is 292 g/mol. The van der Waals surface area contributed by atoms with Crippen molar-refractivity contribution in [1.82, 2.24) is 14.9 Å². The quantitative estimate of drug-likeness (QED) is 0.743. The smallest absolute Gasteiger partial charge is 0.244 e. The van der Waals surface area contributed by atoms with Crippen LogP contribution in [0, 0.1) is 0 Å². The number of hydrogen-bond donors (Lipinski definition) is 3. The maximum Gasteiger partial charge on any atom is 0.244 e. The van der Waals surface area contributed by atoms with Gasteiger partial charge in [0.05, 0.1) is 6.20 Å². The molecule has 4 N–H and O–H groups in total. The van der Waals surface area contributed by atoms with Crippen molar-refractivity contribution in [1.29, 1.82) is 0 Å². The Morgan fingerprint density at radius 2 is 2.25 bits per heavy atom. The van der Waals surface area contributed by atoms with Crippen molar-refractivity contribution in [2.24, 2.45) is 0 Å². The van der Waals surface area contributed by atoms with Crippen LogP contribution in [0.25, 0.3) is 0 Å². The lowest BCUT2D eigenvalue weighted by atomic mass is 9.88. The topological polar surface area (TPSA) is 101 Å². The summed E-state index contributed by atoms with van der Waals surface area (Å²) >= 11 is 0. The van der Waals surface area contributed by atoms with Crippen LogP contribution < -0.4 is 10.5 Å². The highest BCUT2D eigenvalue weighted by Gasteiger charge is 2.26. The Kier molecular flexibility index (Phi) is 3.23. The van der Waals surface area contributed by atoms with Crippen molar-refractivity contribution < 1.29 is 8.42 Å². The summed E-state index contributed by atoms with van der Waals surface area (Å²) in [5.41, 5.74) is 8.62. The molecule has 1 aliphatic carbocycles. The van der Waals surface area contributed by atoms with Crippen LogP contribution in [0.2, 0.25) is 0 Å². The second-order valence-corrected chi connectivity index (χ2v) is 6.67. The SMILES string of the molecule is Nc1ccc2c(c1)CCCC2NS(=O)(=O)c1cn[nH]c1. The normalized spacial score (nSPS) is 18.7. The molecule has 6 nitrogen and oxygen atoms in total. The highest BCUT2D eigenvalue weighted by molar-refractivity contribution is 7.89. The second-order valence-electron chi connectivity index (χ2n) is 4.96. The van der Waals surface area contributed by atoms with Gasteiger partial charge in [-0.2, -0.15) is 5.10 Å². The summed E-state index contributed by atoms with van der Waals surface area (Å²) < 4.78 is 27.2. The number of H-pyrrole nitrogens is 1. The number of sulfonamides is 1. The maximum atomic E-state index is 12.2. The molecule has 0 amide bonds. The first-order chi connectivity index (χ1) is 9.56. The molecule has 1 heterocycles. The zero-order chi connectivity index (χ0) is 14.2. The van der Waals surface area contributed by atoms with E-state index in [9.17, 15) is 8.42 Å². The Morgan fingerprint density at radius 1 is 1.40 bits per heavy atom. The number of benzene rings is 1. The van der Waals surface area contributed by atoms with Gasteiger partial charge in [0.1, 0.15) is 4.90 Å². The molecule has 1 unspecified atom stereocenters. The molecule has 1 atom stereocenters. The van der Waals surface area contributed by atoms with E-state index in [0.29, 0.717) is 5.69 Å². The molecular formula is C13H16N4O2S. The van der Waals surface area contributed by atoms with Gasteiger partial charge in [-0.3, -0.25) is 5.10 Å². The minimum absolute atomic E-state index is 0.153. The van der Waals surface area contributed by atoms with E-state index in [-0.39, 0.29) is 10.9 Å². The third kappa shape index (κ3) is 2.41. The highest BCUT2D eigenvalue weighted by Crippen LogP contribution is 2.32. The molecule has 7 heteroatoms. The van der Waals surface area contributed by atoms with Gasteiger partial charge in [-0.1, -0.05) is 6.07 Å². The molecule has 0 spiro atoms. The van der Waals surface area contributed by atoms with E-state index in [1.54, 1.807) is 0 Å². The van der Waals surface area contributed by atoms with Crippen LogP contribution >= 0.6 is 0 Å². The monoisotopic (exact) mass is 292 g/mol. The van der Waals surface area contributed by atoms with Gasteiger partial charge < -0.3 is 5.73 Å². The maximum absolute atomic E-state index is 12.2. The van der Waals surface area contributed by atoms with Crippen molar-refractivity contribution in [3.05, 3.63) is 41.7 Å². The lowest BCUT2D eigenvalue weighted by molar-refractivity contribution is 0.507. The Morgan fingerprint density at radius 3 is 3.00 bits per heavy atom. The second kappa shape index (κ2) is 4.92. The molecule has 0 aliphatic heterocycles. The summed E-state index contributed by atoms with van der Waals surface area (Å²) in [5, 5.41) is 6.19. The third-order valence-corrected chi connectivity index (χ3v) is 5.00. The number of aromatic nitrogens is 2. The van der Waals surface area contributed by atoms with E-state index < -0.39 is 10.0 Å². The third-order valence-electron chi connectivity index (χ3n) is 3.56. The van der Waals surface area contributed by atoms with Gasteiger partial charge in [0.15, 0.2) is 0 Å². The number of nitrogens with zero attached hydrogens (tertiary/aromatic N) is 1. The zero-order valence-electron chi connectivity index (χ0n) is 10.8. The number of anilines is 1. The first-order valence-corrected chi connectivity index (χ1v) is 7.94. The molecule has 20 heavy (non-hydrogen) atoms. The molecule has 3 rings (SSSR count). The lowest BCUT2D eigenvalue weighted by Crippen LogP contribution is -2.30. The fraction of sp³-hybridized carbons (Fsp3) is 0.308. The number of nitrogen functional groups attached to an aromatic ring is 1. The van der Waals surface area contributed by atoms with Crippen LogP contribution in [0.3, 0.4) is 0 Å². The summed E-state index contributed by atoms with van der Waals surface area (Å²) in [7, 11) is -3.54. The van der Waals surface area contributed by atoms with Gasteiger partial charge in [0.2, 0.25) is 10.0 Å². The number of aryl methyl sites for hydroxylation is 1. The zero-order valence-corrected chi connectivity index (χ0v) is 11.7. The van der Waals surface area contributed by atoms with Crippen molar-refractivity contribution in [3.8, 4) is 0 Å². The lowest BCUT2D eigenvalue weighted by Gasteiger charge is -2.26. The summed E-state index contributed by atoms with van der Waals surface area (Å²) in [6.45, 7) is 0. The van der Waals surface area contributed by atoms with E-state index in [2.05, 4.69) is 14.9 Å². The number of aromatic amines is 1. The molecular weight excluding hydrogens is 276 g/mol. The van der Waals surface area contributed by atoms with Gasteiger partial charge in [-0.25, -0.2) is 13.1 Å². The average Bonchev–Trinajstić information content (AvgIpc) is 2.93. The fourth-order valence-corrected chi connectivity index (χ4v) is 3.75. The van der Waals surface area contributed by atoms with Gasteiger partial charge in [-0.05, 0) is 42.5 Å². The van der Waals surface area contributed by atoms with Gasteiger partial charge in [-0.15, -0.1) is 0 Å². The first kappa shape index (κ1) is 13.1. The fourth-order valence-electron chi connectivity index (χ4n) is 2.60. The van der Waals surface area contributed by atoms with Crippen LogP contribution in [0.5, 0.6) is 0 Å². The summed E-state index contributed by atoms with van der Waals surface area (Å²) in [6, 6.07) is 5.43. The Hall–Kier alpha value is -1.86. The van der Waals surface area contributed by atoms with Crippen molar-refractivity contribution >= 4 is 15.7 Å². The van der Waals surface area contributed by atoms with E-state index in [1.807, 2.05) is 18.2 Å². The van der Waals surface area contributed by atoms with Crippen LogP contribution in [-0.2, 0) is 16.4 Å². The predicted molar refractivity (Wildman–Crippen MR) is 75.4 cm³/mol. The Bertz CT molecular complexity index is 710. The summed E-state index contributed by atoms with van der Waals surface area (Å²) in [4.78, 5) is 0.153. The first-order valence-electron chi connectivity index (χ1n) is 6.46. The summed E-state index contributed by atoms with van der Waals surface area (Å²) in [5.74, 6) is 0. The van der Waals surface area contributed by atoms with Crippen LogP contribution in [0.1, 0.15) is 30.0 Å². The molecule has 106 valence electrons. The van der Waals surface area contributed by atoms with Crippen LogP contribution in [-0.4, -0.2) is 18.6 Å². The van der Waals surface area contributed by atoms with Gasteiger partial charge >= 0.3 is 0 Å². The van der Waals surface area contributed by atoms with E-state index >= 15 is 0 Å². The highest BCUT2D eigenvalue weighted by atomic mass is 32.2. The van der Waals surface area contributed by atoms with Crippen molar-refractivity contribution in [2.45, 2.75) is 30.2 Å². The minimum Gasteiger partial charge on any atom is -0.399 e. The molecule has 0 fully saturated rings. The molecule has 0 saturated heterocycles. The Labute approximate surface area is 117 Å². The number of hydrogen-bond acceptors (Lipinski definition) is 4. The van der Waals surface area contributed by atoms with Crippen LogP contribution in [0.15, 0.2) is 35.5 Å². The van der Waals surface area contributed by atoms with Gasteiger partial charge in [0.25, 0.3) is 0 Å².